The topological polar surface area (TPSA) is 40.6 Å². The zero-order chi connectivity index (χ0) is 17.2. The fraction of sp³-hybridized carbons (Fsp3) is 0.625. The summed E-state index contributed by atoms with van der Waals surface area (Å²) in [5.74, 6) is 0. The summed E-state index contributed by atoms with van der Waals surface area (Å²) in [5, 5.41) is 0. The fourth-order valence-electron chi connectivity index (χ4n) is 3.52. The van der Waals surface area contributed by atoms with Gasteiger partial charge in [-0.2, -0.15) is 4.31 Å². The van der Waals surface area contributed by atoms with Crippen LogP contribution in [0.25, 0.3) is 0 Å². The van der Waals surface area contributed by atoms with Gasteiger partial charge in [-0.05, 0) is 37.1 Å². The molecule has 0 saturated carbocycles. The van der Waals surface area contributed by atoms with Crippen LogP contribution in [0.2, 0.25) is 0 Å². The second-order valence-corrected chi connectivity index (χ2v) is 14.6. The molecule has 0 bridgehead atoms. The van der Waals surface area contributed by atoms with Gasteiger partial charge in [0.25, 0.3) is 18.6 Å². The van der Waals surface area contributed by atoms with Crippen LogP contribution in [0.1, 0.15) is 25.7 Å². The number of nitrogens with zero attached hydrogens (tertiary/aromatic N) is 2. The van der Waals surface area contributed by atoms with E-state index in [9.17, 15) is 8.42 Å². The maximum Gasteiger partial charge on any atom is 0.348 e. The van der Waals surface area contributed by atoms with Gasteiger partial charge in [-0.3, -0.25) is 4.90 Å². The molecule has 0 radical (unpaired) electrons. The van der Waals surface area contributed by atoms with Gasteiger partial charge >= 0.3 is 17.2 Å². The summed E-state index contributed by atoms with van der Waals surface area (Å²) in [6, 6.07) is 7.51. The zero-order valence-electron chi connectivity index (χ0n) is 13.4. The van der Waals surface area contributed by atoms with Crippen LogP contribution in [0.4, 0.5) is 0 Å². The quantitative estimate of drug-likeness (QED) is 0.356. The third-order valence-electron chi connectivity index (χ3n) is 4.97. The molecule has 0 aromatic heterocycles. The Hall–Kier alpha value is 1.03. The van der Waals surface area contributed by atoms with E-state index in [-0.39, 0.29) is 0 Å². The highest BCUT2D eigenvalue weighted by atomic mass is 128. The maximum atomic E-state index is 12.8. The van der Waals surface area contributed by atoms with E-state index in [0.29, 0.717) is 41.3 Å². The Morgan fingerprint density at radius 2 is 1.58 bits per heavy atom. The van der Waals surface area contributed by atoms with Gasteiger partial charge in [0.15, 0.2) is 3.92 Å². The number of benzene rings is 1. The molecule has 8 heteroatoms. The molecule has 2 aliphatic rings. The van der Waals surface area contributed by atoms with Crippen LogP contribution >= 0.6 is 34.5 Å². The third-order valence-corrected chi connectivity index (χ3v) is 13.8. The molecule has 2 aliphatic heterocycles. The predicted molar refractivity (Wildman–Crippen MR) is 105 cm³/mol. The van der Waals surface area contributed by atoms with Crippen molar-refractivity contribution in [3.05, 3.63) is 28.7 Å². The van der Waals surface area contributed by atoms with E-state index < -0.39 is 10.0 Å². The first-order valence-corrected chi connectivity index (χ1v) is 18.0. The molecule has 0 unspecified atom stereocenters. The molecule has 0 N–H and O–H groups in total. The Morgan fingerprint density at radius 1 is 1.00 bits per heavy atom. The lowest BCUT2D eigenvalue weighted by molar-refractivity contribution is -0.481. The SMILES string of the molecule is O=S(=O)(c1ccc(Br)cc1)N1CCC(N2CCC([I+]I)CC2)CC1. The van der Waals surface area contributed by atoms with Crippen molar-refractivity contribution < 1.29 is 25.6 Å². The first-order chi connectivity index (χ1) is 11.5. The van der Waals surface area contributed by atoms with Crippen LogP contribution in [0.3, 0.4) is 0 Å². The Balaban J connectivity index is 1.58. The van der Waals surface area contributed by atoms with E-state index >= 15 is 0 Å². The van der Waals surface area contributed by atoms with E-state index in [1.807, 2.05) is 0 Å². The molecular formula is C16H22BrI2N2O2S+. The van der Waals surface area contributed by atoms with Crippen LogP contribution in [0, 0.1) is 0 Å². The van der Waals surface area contributed by atoms with Crippen molar-refractivity contribution in [3.63, 3.8) is 0 Å². The van der Waals surface area contributed by atoms with Gasteiger partial charge in [-0.1, -0.05) is 15.9 Å². The Morgan fingerprint density at radius 3 is 2.12 bits per heavy atom. The molecule has 2 fully saturated rings. The normalized spacial score (nSPS) is 22.8. The first kappa shape index (κ1) is 19.8. The lowest BCUT2D eigenvalue weighted by Crippen LogP contribution is -3.58. The van der Waals surface area contributed by atoms with Crippen LogP contribution in [-0.2, 0) is 10.0 Å². The number of hydrogen-bond donors (Lipinski definition) is 0. The van der Waals surface area contributed by atoms with Crippen LogP contribution in [-0.4, -0.2) is 53.8 Å². The Kier molecular flexibility index (Phi) is 7.26. The summed E-state index contributed by atoms with van der Waals surface area (Å²) in [7, 11) is -3.35. The average Bonchev–Trinajstić information content (AvgIpc) is 2.62. The van der Waals surface area contributed by atoms with Crippen molar-refractivity contribution >= 4 is 44.6 Å². The molecular weight excluding hydrogens is 618 g/mol. The molecule has 1 aromatic carbocycles. The van der Waals surface area contributed by atoms with E-state index in [1.54, 1.807) is 28.6 Å². The lowest BCUT2D eigenvalue weighted by atomic mass is 10.0. The lowest BCUT2D eigenvalue weighted by Gasteiger charge is -2.39. The van der Waals surface area contributed by atoms with Gasteiger partial charge in [0, 0.05) is 49.5 Å². The summed E-state index contributed by atoms with van der Waals surface area (Å²) in [5.41, 5.74) is 0. The number of sulfonamides is 1. The third kappa shape index (κ3) is 4.65. The highest BCUT2D eigenvalue weighted by Gasteiger charge is 2.35. The van der Waals surface area contributed by atoms with Gasteiger partial charge in [-0.25, -0.2) is 8.42 Å². The minimum absolute atomic E-state index is 0.349. The van der Waals surface area contributed by atoms with Gasteiger partial charge in [0.05, 0.1) is 4.90 Å². The van der Waals surface area contributed by atoms with Crippen LogP contribution in [0.15, 0.2) is 33.6 Å². The monoisotopic (exact) mass is 639 g/mol. The van der Waals surface area contributed by atoms with Crippen molar-refractivity contribution in [2.45, 2.75) is 40.5 Å². The van der Waals surface area contributed by atoms with Crippen molar-refractivity contribution in [1.29, 1.82) is 0 Å². The van der Waals surface area contributed by atoms with E-state index in [1.165, 1.54) is 25.9 Å². The summed E-state index contributed by atoms with van der Waals surface area (Å²) < 4.78 is 29.1. The van der Waals surface area contributed by atoms with Gasteiger partial charge in [0.1, 0.15) is 0 Å². The molecule has 0 atom stereocenters. The number of halogens is 3. The van der Waals surface area contributed by atoms with Crippen LogP contribution in [0.5, 0.6) is 0 Å². The molecule has 24 heavy (non-hydrogen) atoms. The summed E-state index contributed by atoms with van der Waals surface area (Å²) in [4.78, 5) is 3.01. The Bertz CT molecular complexity index is 641. The van der Waals surface area contributed by atoms with Crippen molar-refractivity contribution in [2.24, 2.45) is 0 Å². The maximum absolute atomic E-state index is 12.8. The number of rotatable bonds is 4. The molecule has 1 aromatic rings. The molecule has 0 spiro atoms. The highest BCUT2D eigenvalue weighted by molar-refractivity contribution is 14.1. The van der Waals surface area contributed by atoms with Gasteiger partial charge < -0.3 is 0 Å². The van der Waals surface area contributed by atoms with Gasteiger partial charge in [-0.15, -0.1) is 0 Å². The second kappa shape index (κ2) is 8.81. The van der Waals surface area contributed by atoms with E-state index in [4.69, 9.17) is 0 Å². The molecule has 4 nitrogen and oxygen atoms in total. The second-order valence-electron chi connectivity index (χ2n) is 6.38. The van der Waals surface area contributed by atoms with Crippen LogP contribution < -0.4 is 17.2 Å². The van der Waals surface area contributed by atoms with Gasteiger partial charge in [0.2, 0.25) is 10.0 Å². The number of likely N-dealkylation sites (tertiary alicyclic amines) is 1. The zero-order valence-corrected chi connectivity index (χ0v) is 20.1. The summed E-state index contributed by atoms with van der Waals surface area (Å²) in [6.45, 7) is 3.69. The molecule has 3 rings (SSSR count). The fourth-order valence-corrected chi connectivity index (χ4v) is 9.44. The molecule has 0 aliphatic carbocycles. The van der Waals surface area contributed by atoms with Crippen molar-refractivity contribution in [3.8, 4) is 0 Å². The summed E-state index contributed by atoms with van der Waals surface area (Å²) in [6.07, 6.45) is 4.60. The molecule has 2 saturated heterocycles. The number of alkyl halides is 1. The number of piperidine rings is 2. The average molecular weight is 640 g/mol. The minimum Gasteiger partial charge on any atom is -0.300 e. The smallest absolute Gasteiger partial charge is 0.300 e. The largest absolute Gasteiger partial charge is 0.348 e. The molecule has 2 heterocycles. The molecule has 134 valence electrons. The van der Waals surface area contributed by atoms with Crippen molar-refractivity contribution in [1.82, 2.24) is 9.21 Å². The summed E-state index contributed by atoms with van der Waals surface area (Å²) >= 11 is 6.31. The molecule has 0 amide bonds. The Labute approximate surface area is 173 Å². The number of hydrogen-bond acceptors (Lipinski definition) is 3. The first-order valence-electron chi connectivity index (χ1n) is 8.25. The van der Waals surface area contributed by atoms with E-state index in [0.717, 1.165) is 21.2 Å². The highest BCUT2D eigenvalue weighted by Crippen LogP contribution is 2.25. The predicted octanol–water partition coefficient (Wildman–Crippen LogP) is 0.506. The standard InChI is InChI=1S/C16H22BrI2N2O2S/c17-13-1-3-16(4-2-13)24(22,23)21-11-7-15(8-12-21)20-9-5-14(19-18)6-10-20/h1-4,14-15H,5-12H2/q+1. The minimum atomic E-state index is -3.35. The van der Waals surface area contributed by atoms with E-state index in [2.05, 4.69) is 39.4 Å². The van der Waals surface area contributed by atoms with Crippen molar-refractivity contribution in [2.75, 3.05) is 26.2 Å².